The average Bonchev–Trinajstić information content (AvgIpc) is 2.63. The maximum Gasteiger partial charge on any atom is 0.337 e. The van der Waals surface area contributed by atoms with E-state index in [1.54, 1.807) is 0 Å². The summed E-state index contributed by atoms with van der Waals surface area (Å²) >= 11 is 0. The van der Waals surface area contributed by atoms with Gasteiger partial charge in [-0.05, 0) is 18.6 Å². The molecule has 0 saturated heterocycles. The summed E-state index contributed by atoms with van der Waals surface area (Å²) in [5, 5.41) is 9.58. The summed E-state index contributed by atoms with van der Waals surface area (Å²) in [6, 6.07) is 5.66. The average molecular weight is 205 g/mol. The van der Waals surface area contributed by atoms with Gasteiger partial charge in [-0.2, -0.15) is 0 Å². The molecule has 0 unspecified atom stereocenters. The summed E-state index contributed by atoms with van der Waals surface area (Å²) in [5.41, 5.74) is 2.32. The van der Waals surface area contributed by atoms with Crippen LogP contribution in [0, 0.1) is 6.92 Å². The van der Waals surface area contributed by atoms with Crippen LogP contribution in [-0.4, -0.2) is 16.1 Å². The Kier molecular flexibility index (Phi) is 3.50. The Labute approximate surface area is 88.7 Å². The topological polar surface area (TPSA) is 53.1 Å². The molecule has 3 heteroatoms. The fraction of sp³-hybridized carbons (Fsp3) is 0.250. The second-order valence-electron chi connectivity index (χ2n) is 3.06. The first-order chi connectivity index (χ1) is 7.18. The van der Waals surface area contributed by atoms with Crippen molar-refractivity contribution in [3.8, 4) is 0 Å². The Morgan fingerprint density at radius 1 is 1.33 bits per heavy atom. The highest BCUT2D eigenvalue weighted by molar-refractivity contribution is 6.03. The number of nitrogens with one attached hydrogen (secondary N) is 1. The van der Waals surface area contributed by atoms with Crippen molar-refractivity contribution in [3.05, 3.63) is 35.5 Å². The van der Waals surface area contributed by atoms with Crippen LogP contribution in [0.4, 0.5) is 0 Å². The first-order valence-corrected chi connectivity index (χ1v) is 4.99. The molecule has 0 atom stereocenters. The first-order valence-electron chi connectivity index (χ1n) is 4.99. The second-order valence-corrected chi connectivity index (χ2v) is 3.06. The van der Waals surface area contributed by atoms with Gasteiger partial charge in [0.1, 0.15) is 0 Å². The van der Waals surface area contributed by atoms with Crippen LogP contribution in [0.25, 0.3) is 10.9 Å². The summed E-state index contributed by atoms with van der Waals surface area (Å²) in [4.78, 5) is 13.7. The van der Waals surface area contributed by atoms with Gasteiger partial charge in [0.05, 0.1) is 5.56 Å². The number of aromatic nitrogens is 1. The van der Waals surface area contributed by atoms with Crippen LogP contribution in [0.3, 0.4) is 0 Å². The lowest BCUT2D eigenvalue weighted by Gasteiger charge is -1.93. The fourth-order valence-corrected chi connectivity index (χ4v) is 1.42. The number of hydrogen-bond acceptors (Lipinski definition) is 1. The quantitative estimate of drug-likeness (QED) is 0.751. The number of rotatable bonds is 1. The van der Waals surface area contributed by atoms with E-state index in [9.17, 15) is 4.79 Å². The van der Waals surface area contributed by atoms with Gasteiger partial charge >= 0.3 is 5.97 Å². The molecule has 80 valence electrons. The molecule has 0 aliphatic rings. The van der Waals surface area contributed by atoms with E-state index in [0.717, 1.165) is 16.5 Å². The Morgan fingerprint density at radius 3 is 2.60 bits per heavy atom. The number of fused-ring (bicyclic) bond motifs is 1. The van der Waals surface area contributed by atoms with Gasteiger partial charge in [0.25, 0.3) is 0 Å². The third-order valence-corrected chi connectivity index (χ3v) is 2.07. The van der Waals surface area contributed by atoms with Crippen molar-refractivity contribution in [1.82, 2.24) is 4.98 Å². The Balaban J connectivity index is 0.000000531. The van der Waals surface area contributed by atoms with Crippen LogP contribution in [0.5, 0.6) is 0 Å². The number of aryl methyl sites for hydroxylation is 1. The molecule has 0 spiro atoms. The van der Waals surface area contributed by atoms with Gasteiger partial charge in [-0.25, -0.2) is 4.79 Å². The lowest BCUT2D eigenvalue weighted by Crippen LogP contribution is -1.93. The lowest BCUT2D eigenvalue weighted by atomic mass is 10.1. The number of aromatic carboxylic acids is 1. The maximum absolute atomic E-state index is 10.7. The van der Waals surface area contributed by atoms with Crippen LogP contribution in [0.2, 0.25) is 0 Å². The van der Waals surface area contributed by atoms with E-state index in [0.29, 0.717) is 5.56 Å². The van der Waals surface area contributed by atoms with Gasteiger partial charge in [-0.15, -0.1) is 0 Å². The van der Waals surface area contributed by atoms with Crippen molar-refractivity contribution in [2.45, 2.75) is 20.8 Å². The van der Waals surface area contributed by atoms with E-state index in [2.05, 4.69) is 4.98 Å². The summed E-state index contributed by atoms with van der Waals surface area (Å²) in [6.45, 7) is 5.97. The molecular weight excluding hydrogens is 190 g/mol. The van der Waals surface area contributed by atoms with Crippen LogP contribution in [0.1, 0.15) is 29.8 Å². The van der Waals surface area contributed by atoms with Crippen molar-refractivity contribution >= 4 is 16.9 Å². The highest BCUT2D eigenvalue weighted by Gasteiger charge is 2.09. The number of carboxylic acids is 1. The van der Waals surface area contributed by atoms with Gasteiger partial charge in [-0.1, -0.05) is 26.0 Å². The molecule has 0 aliphatic heterocycles. The minimum absolute atomic E-state index is 0.329. The molecule has 1 aromatic heterocycles. The molecule has 0 amide bonds. The van der Waals surface area contributed by atoms with E-state index in [4.69, 9.17) is 5.11 Å². The number of carbonyl (C=O) groups is 1. The van der Waals surface area contributed by atoms with E-state index in [1.807, 2.05) is 39.0 Å². The fourth-order valence-electron chi connectivity index (χ4n) is 1.42. The smallest absolute Gasteiger partial charge is 0.337 e. The monoisotopic (exact) mass is 205 g/mol. The van der Waals surface area contributed by atoms with Crippen LogP contribution >= 0.6 is 0 Å². The van der Waals surface area contributed by atoms with Crippen molar-refractivity contribution in [2.75, 3.05) is 0 Å². The van der Waals surface area contributed by atoms with Crippen molar-refractivity contribution in [3.63, 3.8) is 0 Å². The van der Waals surface area contributed by atoms with E-state index in [1.165, 1.54) is 6.20 Å². The van der Waals surface area contributed by atoms with Crippen LogP contribution in [-0.2, 0) is 0 Å². The SMILES string of the molecule is CC.Cc1ccc2c(C(=O)O)c[nH]c2c1. The molecule has 0 saturated carbocycles. The summed E-state index contributed by atoms with van der Waals surface area (Å²) in [7, 11) is 0. The molecule has 1 heterocycles. The summed E-state index contributed by atoms with van der Waals surface area (Å²) in [6.07, 6.45) is 1.52. The molecule has 0 radical (unpaired) electrons. The lowest BCUT2D eigenvalue weighted by molar-refractivity contribution is 0.0699. The van der Waals surface area contributed by atoms with Gasteiger partial charge in [0.15, 0.2) is 0 Å². The Bertz CT molecular complexity index is 471. The zero-order chi connectivity index (χ0) is 11.4. The van der Waals surface area contributed by atoms with Gasteiger partial charge in [0, 0.05) is 17.1 Å². The molecular formula is C12H15NO2. The molecule has 3 nitrogen and oxygen atoms in total. The van der Waals surface area contributed by atoms with E-state index in [-0.39, 0.29) is 0 Å². The molecule has 0 aliphatic carbocycles. The molecule has 2 aromatic rings. The van der Waals surface area contributed by atoms with Crippen molar-refractivity contribution < 1.29 is 9.90 Å². The highest BCUT2D eigenvalue weighted by Crippen LogP contribution is 2.18. The van der Waals surface area contributed by atoms with E-state index < -0.39 is 5.97 Å². The maximum atomic E-state index is 10.7. The predicted molar refractivity (Wildman–Crippen MR) is 61.3 cm³/mol. The van der Waals surface area contributed by atoms with Gasteiger partial charge < -0.3 is 10.1 Å². The van der Waals surface area contributed by atoms with Crippen molar-refractivity contribution in [1.29, 1.82) is 0 Å². The standard InChI is InChI=1S/C10H9NO2.C2H6/c1-6-2-3-7-8(10(12)13)5-11-9(7)4-6;1-2/h2-5,11H,1H3,(H,12,13);1-2H3. The van der Waals surface area contributed by atoms with Crippen molar-refractivity contribution in [2.24, 2.45) is 0 Å². The van der Waals surface area contributed by atoms with Crippen LogP contribution < -0.4 is 0 Å². The number of benzene rings is 1. The third-order valence-electron chi connectivity index (χ3n) is 2.07. The van der Waals surface area contributed by atoms with Gasteiger partial charge in [0.2, 0.25) is 0 Å². The molecule has 2 N–H and O–H groups in total. The second kappa shape index (κ2) is 4.64. The molecule has 15 heavy (non-hydrogen) atoms. The number of hydrogen-bond donors (Lipinski definition) is 2. The minimum Gasteiger partial charge on any atom is -0.478 e. The van der Waals surface area contributed by atoms with E-state index >= 15 is 0 Å². The largest absolute Gasteiger partial charge is 0.478 e. The Morgan fingerprint density at radius 2 is 2.00 bits per heavy atom. The Hall–Kier alpha value is -1.77. The molecule has 2 rings (SSSR count). The molecule has 0 bridgehead atoms. The van der Waals surface area contributed by atoms with Crippen LogP contribution in [0.15, 0.2) is 24.4 Å². The first kappa shape index (κ1) is 11.3. The number of H-pyrrole nitrogens is 1. The van der Waals surface area contributed by atoms with Gasteiger partial charge in [-0.3, -0.25) is 0 Å². The third kappa shape index (κ3) is 2.18. The number of carboxylic acid groups (broad SMARTS) is 1. The minimum atomic E-state index is -0.893. The summed E-state index contributed by atoms with van der Waals surface area (Å²) in [5.74, 6) is -0.893. The molecule has 0 fully saturated rings. The molecule has 1 aromatic carbocycles. The zero-order valence-corrected chi connectivity index (χ0v) is 9.16. The number of aromatic amines is 1. The summed E-state index contributed by atoms with van der Waals surface area (Å²) < 4.78 is 0. The normalized spacial score (nSPS) is 9.53. The predicted octanol–water partition coefficient (Wildman–Crippen LogP) is 3.20. The highest BCUT2D eigenvalue weighted by atomic mass is 16.4. The zero-order valence-electron chi connectivity index (χ0n) is 9.16.